The molecule has 4 aromatic rings. The molecule has 1 amide bonds. The van der Waals surface area contributed by atoms with Crippen molar-refractivity contribution in [2.24, 2.45) is 0 Å². The largest absolute Gasteiger partial charge is 0.368 e. The second kappa shape index (κ2) is 9.37. The summed E-state index contributed by atoms with van der Waals surface area (Å²) >= 11 is 0. The fourth-order valence-electron chi connectivity index (χ4n) is 5.01. The smallest absolute Gasteiger partial charge is 0.229 e. The molecular weight excluding hydrogens is 438 g/mol. The number of aromatic nitrogens is 4. The molecular formula is C27H29N7O. The number of nitrogens with one attached hydrogen (secondary N) is 1. The van der Waals surface area contributed by atoms with E-state index >= 15 is 0 Å². The van der Waals surface area contributed by atoms with Crippen molar-refractivity contribution in [1.29, 1.82) is 0 Å². The van der Waals surface area contributed by atoms with Crippen LogP contribution < -0.4 is 10.2 Å². The van der Waals surface area contributed by atoms with E-state index in [9.17, 15) is 4.79 Å². The maximum absolute atomic E-state index is 11.9. The summed E-state index contributed by atoms with van der Waals surface area (Å²) in [6, 6.07) is 18.7. The van der Waals surface area contributed by atoms with Gasteiger partial charge in [0.1, 0.15) is 6.33 Å². The molecule has 2 aliphatic rings. The molecule has 2 aromatic heterocycles. The summed E-state index contributed by atoms with van der Waals surface area (Å²) in [4.78, 5) is 30.7. The molecule has 0 aliphatic carbocycles. The highest BCUT2D eigenvalue weighted by molar-refractivity contribution is 5.85. The topological polar surface area (TPSA) is 79.2 Å². The zero-order valence-electron chi connectivity index (χ0n) is 19.7. The first-order valence-electron chi connectivity index (χ1n) is 12.4. The third-order valence-corrected chi connectivity index (χ3v) is 6.90. The van der Waals surface area contributed by atoms with Crippen molar-refractivity contribution >= 4 is 28.8 Å². The second-order valence-corrected chi connectivity index (χ2v) is 9.20. The van der Waals surface area contributed by atoms with E-state index in [1.54, 1.807) is 0 Å². The predicted molar refractivity (Wildman–Crippen MR) is 137 cm³/mol. The molecule has 2 aliphatic heterocycles. The van der Waals surface area contributed by atoms with Gasteiger partial charge in [0.25, 0.3) is 0 Å². The molecule has 2 aromatic carbocycles. The quantitative estimate of drug-likeness (QED) is 0.417. The van der Waals surface area contributed by atoms with Crippen molar-refractivity contribution in [3.63, 3.8) is 0 Å². The zero-order chi connectivity index (χ0) is 23.6. The van der Waals surface area contributed by atoms with Crippen LogP contribution in [0.5, 0.6) is 0 Å². The average molecular weight is 468 g/mol. The Labute approximate surface area is 204 Å². The van der Waals surface area contributed by atoms with Gasteiger partial charge in [-0.1, -0.05) is 42.5 Å². The lowest BCUT2D eigenvalue weighted by molar-refractivity contribution is -0.127. The van der Waals surface area contributed by atoms with Crippen LogP contribution in [0.3, 0.4) is 0 Å². The number of benzene rings is 2. The van der Waals surface area contributed by atoms with Crippen molar-refractivity contribution in [2.45, 2.75) is 32.2 Å². The number of imidazole rings is 1. The van der Waals surface area contributed by atoms with Crippen LogP contribution in [-0.2, 0) is 17.8 Å². The number of likely N-dealkylation sites (tertiary alicyclic amines) is 1. The molecule has 0 radical (unpaired) electrons. The van der Waals surface area contributed by atoms with Crippen molar-refractivity contribution in [3.05, 3.63) is 72.1 Å². The number of amides is 1. The number of hydrogen-bond acceptors (Lipinski definition) is 6. The highest BCUT2D eigenvalue weighted by atomic mass is 16.2. The molecule has 0 bridgehead atoms. The van der Waals surface area contributed by atoms with Crippen LogP contribution in [0, 0.1) is 0 Å². The van der Waals surface area contributed by atoms with E-state index in [4.69, 9.17) is 9.97 Å². The van der Waals surface area contributed by atoms with Gasteiger partial charge in [0, 0.05) is 44.8 Å². The lowest BCUT2D eigenvalue weighted by Gasteiger charge is -2.29. The van der Waals surface area contributed by atoms with E-state index in [0.717, 1.165) is 74.7 Å². The van der Waals surface area contributed by atoms with Crippen LogP contribution in [-0.4, -0.2) is 56.5 Å². The van der Waals surface area contributed by atoms with E-state index < -0.39 is 0 Å². The summed E-state index contributed by atoms with van der Waals surface area (Å²) < 4.78 is 2.02. The van der Waals surface area contributed by atoms with Gasteiger partial charge in [-0.05, 0) is 42.5 Å². The Hall–Kier alpha value is -3.94. The second-order valence-electron chi connectivity index (χ2n) is 9.20. The summed E-state index contributed by atoms with van der Waals surface area (Å²) in [5, 5.41) is 3.50. The maximum Gasteiger partial charge on any atom is 0.229 e. The van der Waals surface area contributed by atoms with Gasteiger partial charge in [0.2, 0.25) is 11.9 Å². The summed E-state index contributed by atoms with van der Waals surface area (Å²) in [6.45, 7) is 4.03. The summed E-state index contributed by atoms with van der Waals surface area (Å²) in [7, 11) is 0. The monoisotopic (exact) mass is 467 g/mol. The molecule has 8 heteroatoms. The number of carbonyl (C=O) groups is 1. The molecule has 0 saturated carbocycles. The zero-order valence-corrected chi connectivity index (χ0v) is 19.7. The molecule has 4 heterocycles. The van der Waals surface area contributed by atoms with E-state index in [0.29, 0.717) is 12.4 Å². The highest BCUT2D eigenvalue weighted by Gasteiger charge is 2.22. The fourth-order valence-corrected chi connectivity index (χ4v) is 5.01. The summed E-state index contributed by atoms with van der Waals surface area (Å²) in [6.07, 6.45) is 5.31. The van der Waals surface area contributed by atoms with E-state index in [1.807, 2.05) is 34.0 Å². The first kappa shape index (κ1) is 21.6. The Bertz CT molecular complexity index is 1350. The van der Waals surface area contributed by atoms with Gasteiger partial charge < -0.3 is 15.1 Å². The third-order valence-electron chi connectivity index (χ3n) is 6.90. The van der Waals surface area contributed by atoms with Crippen molar-refractivity contribution in [2.75, 3.05) is 36.4 Å². The van der Waals surface area contributed by atoms with E-state index in [2.05, 4.69) is 51.6 Å². The number of fused-ring (bicyclic) bond motifs is 2. The number of hydrogen-bond donors (Lipinski definition) is 1. The molecule has 1 saturated heterocycles. The molecule has 0 unspecified atom stereocenters. The first-order valence-corrected chi connectivity index (χ1v) is 12.4. The SMILES string of the molecule is O=C1CCCN1CCCNc1nc(N2CCc3ccccc3C2)nc2c1ncn2-c1ccccc1. The molecule has 8 nitrogen and oxygen atoms in total. The number of rotatable bonds is 7. The lowest BCUT2D eigenvalue weighted by atomic mass is 10.0. The number of para-hydroxylation sites is 1. The van der Waals surface area contributed by atoms with Gasteiger partial charge in [-0.25, -0.2) is 4.98 Å². The van der Waals surface area contributed by atoms with Crippen LogP contribution in [0.2, 0.25) is 0 Å². The normalized spacial score (nSPS) is 15.6. The van der Waals surface area contributed by atoms with Gasteiger partial charge in [-0.3, -0.25) is 9.36 Å². The van der Waals surface area contributed by atoms with Crippen LogP contribution in [0.15, 0.2) is 60.9 Å². The molecule has 178 valence electrons. The predicted octanol–water partition coefficient (Wildman–Crippen LogP) is 3.80. The average Bonchev–Trinajstić information content (AvgIpc) is 3.52. The fraction of sp³-hybridized carbons (Fsp3) is 0.333. The van der Waals surface area contributed by atoms with Gasteiger partial charge in [-0.15, -0.1) is 0 Å². The maximum atomic E-state index is 11.9. The molecule has 0 atom stereocenters. The van der Waals surface area contributed by atoms with Crippen molar-refractivity contribution < 1.29 is 4.79 Å². The Morgan fingerprint density at radius 1 is 0.914 bits per heavy atom. The van der Waals surface area contributed by atoms with Crippen LogP contribution in [0.25, 0.3) is 16.9 Å². The highest BCUT2D eigenvalue weighted by Crippen LogP contribution is 2.28. The number of anilines is 2. The summed E-state index contributed by atoms with van der Waals surface area (Å²) in [5.41, 5.74) is 5.28. The van der Waals surface area contributed by atoms with Gasteiger partial charge >= 0.3 is 0 Å². The van der Waals surface area contributed by atoms with Gasteiger partial charge in [-0.2, -0.15) is 9.97 Å². The molecule has 1 fully saturated rings. The minimum atomic E-state index is 0.267. The van der Waals surface area contributed by atoms with Gasteiger partial charge in [0.15, 0.2) is 17.0 Å². The number of carbonyl (C=O) groups excluding carboxylic acids is 1. The number of nitrogens with zero attached hydrogens (tertiary/aromatic N) is 6. The molecule has 1 N–H and O–H groups in total. The molecule has 0 spiro atoms. The molecule has 6 rings (SSSR count). The molecule has 35 heavy (non-hydrogen) atoms. The van der Waals surface area contributed by atoms with Crippen molar-refractivity contribution in [3.8, 4) is 5.69 Å². The standard InChI is InChI=1S/C27H29N7O/c35-23-12-6-15-32(23)16-7-14-28-25-24-26(34(19-29-24)22-10-2-1-3-11-22)31-27(30-25)33-17-13-20-8-4-5-9-21(20)18-33/h1-5,8-11,19H,6-7,12-18H2,(H,28,30,31). The minimum Gasteiger partial charge on any atom is -0.368 e. The lowest BCUT2D eigenvalue weighted by Crippen LogP contribution is -2.32. The van der Waals surface area contributed by atoms with Crippen molar-refractivity contribution in [1.82, 2.24) is 24.4 Å². The Balaban J connectivity index is 1.30. The Morgan fingerprint density at radius 3 is 2.57 bits per heavy atom. The van der Waals surface area contributed by atoms with Crippen LogP contribution >= 0.6 is 0 Å². The Kier molecular flexibility index (Phi) is 5.78. The summed E-state index contributed by atoms with van der Waals surface area (Å²) in [5.74, 6) is 1.72. The third kappa shape index (κ3) is 4.32. The van der Waals surface area contributed by atoms with Crippen LogP contribution in [0.1, 0.15) is 30.4 Å². The van der Waals surface area contributed by atoms with E-state index in [-0.39, 0.29) is 5.91 Å². The van der Waals surface area contributed by atoms with Gasteiger partial charge in [0.05, 0.1) is 0 Å². The van der Waals surface area contributed by atoms with Crippen LogP contribution in [0.4, 0.5) is 11.8 Å². The van der Waals surface area contributed by atoms with E-state index in [1.165, 1.54) is 11.1 Å². The Morgan fingerprint density at radius 2 is 1.74 bits per heavy atom. The first-order chi connectivity index (χ1) is 17.3. The minimum absolute atomic E-state index is 0.267.